The van der Waals surface area contributed by atoms with Crippen LogP contribution < -0.4 is 10.1 Å². The lowest BCUT2D eigenvalue weighted by Crippen LogP contribution is -2.19. The van der Waals surface area contributed by atoms with Gasteiger partial charge in [-0.3, -0.25) is 14.9 Å². The number of benzene rings is 2. The molecule has 0 aliphatic rings. The minimum absolute atomic E-state index is 0. The van der Waals surface area contributed by atoms with Gasteiger partial charge in [-0.1, -0.05) is 6.07 Å². The van der Waals surface area contributed by atoms with Gasteiger partial charge in [0.15, 0.2) is 4.80 Å². The molecule has 0 aliphatic carbocycles. The normalized spacial score (nSPS) is 11.0. The van der Waals surface area contributed by atoms with Crippen LogP contribution in [0.5, 0.6) is 0 Å². The molecule has 2 aromatic carbocycles. The second kappa shape index (κ2) is 9.25. The summed E-state index contributed by atoms with van der Waals surface area (Å²) in [4.78, 5) is 27.4. The Hall–Kier alpha value is -3.04. The SMILES string of the molecule is Cl.Cn1c(CC(=O)Nc2ccc([N+](=O)[O-])cc2)cs/c1=N/c1cccc(F)c1. The van der Waals surface area contributed by atoms with Crippen molar-refractivity contribution in [3.05, 3.63) is 80.3 Å². The van der Waals surface area contributed by atoms with Crippen LogP contribution in [0.2, 0.25) is 0 Å². The number of nitro groups is 1. The molecule has 0 aliphatic heterocycles. The molecule has 28 heavy (non-hydrogen) atoms. The molecule has 1 aromatic heterocycles. The average Bonchev–Trinajstić information content (AvgIpc) is 2.95. The highest BCUT2D eigenvalue weighted by Crippen LogP contribution is 2.16. The third-order valence-electron chi connectivity index (χ3n) is 3.75. The van der Waals surface area contributed by atoms with Crippen LogP contribution in [0.1, 0.15) is 5.69 Å². The Bertz CT molecular complexity index is 1060. The van der Waals surface area contributed by atoms with Crippen LogP contribution in [0, 0.1) is 15.9 Å². The summed E-state index contributed by atoms with van der Waals surface area (Å²) in [5.41, 5.74) is 1.68. The molecule has 1 amide bonds. The minimum atomic E-state index is -0.499. The molecule has 0 bridgehead atoms. The Morgan fingerprint density at radius 2 is 2.00 bits per heavy atom. The zero-order valence-corrected chi connectivity index (χ0v) is 16.3. The highest BCUT2D eigenvalue weighted by atomic mass is 35.5. The van der Waals surface area contributed by atoms with E-state index < -0.39 is 4.92 Å². The van der Waals surface area contributed by atoms with Crippen LogP contribution in [0.25, 0.3) is 0 Å². The number of nitro benzene ring substituents is 1. The maximum absolute atomic E-state index is 13.3. The number of rotatable bonds is 5. The molecular formula is C18H16ClFN4O3S. The molecule has 0 unspecified atom stereocenters. The number of carbonyl (C=O) groups is 1. The van der Waals surface area contributed by atoms with Crippen molar-refractivity contribution in [2.24, 2.45) is 12.0 Å². The molecule has 0 saturated heterocycles. The molecule has 3 aromatic rings. The number of anilines is 1. The Balaban J connectivity index is 0.00000280. The standard InChI is InChI=1S/C18H15FN4O3S.ClH/c1-22-16(11-27-18(22)21-14-4-2-3-12(19)9-14)10-17(24)20-13-5-7-15(8-6-13)23(25)26;/h2-9,11H,10H2,1H3,(H,20,24);1H/b21-18+;. The van der Waals surface area contributed by atoms with Gasteiger partial charge in [0.1, 0.15) is 5.82 Å². The number of carbonyl (C=O) groups excluding carboxylic acids is 1. The van der Waals surface area contributed by atoms with Crippen LogP contribution in [0.3, 0.4) is 0 Å². The number of nitrogens with zero attached hydrogens (tertiary/aromatic N) is 3. The van der Waals surface area contributed by atoms with Gasteiger partial charge in [0.25, 0.3) is 5.69 Å². The topological polar surface area (TPSA) is 89.5 Å². The molecule has 0 saturated carbocycles. The van der Waals surface area contributed by atoms with E-state index in [0.717, 1.165) is 5.69 Å². The van der Waals surface area contributed by atoms with Crippen molar-refractivity contribution in [3.63, 3.8) is 0 Å². The van der Waals surface area contributed by atoms with Gasteiger partial charge in [-0.15, -0.1) is 23.7 Å². The molecule has 1 N–H and O–H groups in total. The number of hydrogen-bond donors (Lipinski definition) is 1. The Labute approximate surface area is 169 Å². The zero-order valence-electron chi connectivity index (χ0n) is 14.7. The monoisotopic (exact) mass is 422 g/mol. The van der Waals surface area contributed by atoms with Gasteiger partial charge in [-0.25, -0.2) is 9.38 Å². The summed E-state index contributed by atoms with van der Waals surface area (Å²) in [6.45, 7) is 0. The minimum Gasteiger partial charge on any atom is -0.326 e. The van der Waals surface area contributed by atoms with Gasteiger partial charge in [0.2, 0.25) is 5.91 Å². The molecule has 0 spiro atoms. The number of nitrogens with one attached hydrogen (secondary N) is 1. The van der Waals surface area contributed by atoms with Crippen molar-refractivity contribution in [2.75, 3.05) is 5.32 Å². The van der Waals surface area contributed by atoms with Crippen molar-refractivity contribution in [1.29, 1.82) is 0 Å². The highest BCUT2D eigenvalue weighted by Gasteiger charge is 2.10. The lowest BCUT2D eigenvalue weighted by Gasteiger charge is -2.05. The van der Waals surface area contributed by atoms with Crippen LogP contribution in [-0.4, -0.2) is 15.4 Å². The third kappa shape index (κ3) is 5.24. The molecule has 7 nitrogen and oxygen atoms in total. The molecule has 1 heterocycles. The lowest BCUT2D eigenvalue weighted by molar-refractivity contribution is -0.384. The van der Waals surface area contributed by atoms with Crippen molar-refractivity contribution in [3.8, 4) is 0 Å². The summed E-state index contributed by atoms with van der Waals surface area (Å²) >= 11 is 1.35. The summed E-state index contributed by atoms with van der Waals surface area (Å²) in [6, 6.07) is 11.6. The Morgan fingerprint density at radius 1 is 1.29 bits per heavy atom. The largest absolute Gasteiger partial charge is 0.326 e. The van der Waals surface area contributed by atoms with Crippen LogP contribution in [0.15, 0.2) is 58.9 Å². The number of halogens is 2. The fourth-order valence-electron chi connectivity index (χ4n) is 2.36. The number of thiazole rings is 1. The lowest BCUT2D eigenvalue weighted by atomic mass is 10.2. The number of non-ortho nitro benzene ring substituents is 1. The van der Waals surface area contributed by atoms with Crippen LogP contribution in [0.4, 0.5) is 21.5 Å². The summed E-state index contributed by atoms with van der Waals surface area (Å²) in [7, 11) is 1.78. The summed E-state index contributed by atoms with van der Waals surface area (Å²) in [5, 5.41) is 15.2. The average molecular weight is 423 g/mol. The first-order valence-corrected chi connectivity index (χ1v) is 8.78. The quantitative estimate of drug-likeness (QED) is 0.498. The first kappa shape index (κ1) is 21.3. The molecule has 0 fully saturated rings. The molecule has 3 rings (SSSR count). The van der Waals surface area contributed by atoms with E-state index in [1.807, 2.05) is 5.38 Å². The van der Waals surface area contributed by atoms with E-state index in [4.69, 9.17) is 0 Å². The van der Waals surface area contributed by atoms with Gasteiger partial charge >= 0.3 is 0 Å². The smallest absolute Gasteiger partial charge is 0.269 e. The second-order valence-corrected chi connectivity index (χ2v) is 6.53. The van der Waals surface area contributed by atoms with Gasteiger partial charge in [-0.05, 0) is 30.3 Å². The molecule has 10 heteroatoms. The summed E-state index contributed by atoms with van der Waals surface area (Å²) in [6.07, 6.45) is 0.114. The fraction of sp³-hybridized carbons (Fsp3) is 0.111. The zero-order chi connectivity index (χ0) is 19.4. The van der Waals surface area contributed by atoms with Crippen LogP contribution >= 0.6 is 23.7 Å². The number of aromatic nitrogens is 1. The maximum Gasteiger partial charge on any atom is 0.269 e. The first-order valence-electron chi connectivity index (χ1n) is 7.90. The van der Waals surface area contributed by atoms with Gasteiger partial charge in [0.05, 0.1) is 17.0 Å². The highest BCUT2D eigenvalue weighted by molar-refractivity contribution is 7.07. The number of hydrogen-bond acceptors (Lipinski definition) is 5. The fourth-order valence-corrected chi connectivity index (χ4v) is 3.27. The van der Waals surface area contributed by atoms with Crippen molar-refractivity contribution in [1.82, 2.24) is 4.57 Å². The van der Waals surface area contributed by atoms with Gasteiger partial charge in [-0.2, -0.15) is 0 Å². The third-order valence-corrected chi connectivity index (χ3v) is 4.72. The van der Waals surface area contributed by atoms with Gasteiger partial charge in [0, 0.05) is 35.9 Å². The van der Waals surface area contributed by atoms with Crippen molar-refractivity contribution >= 4 is 46.7 Å². The summed E-state index contributed by atoms with van der Waals surface area (Å²) in [5.74, 6) is -0.618. The van der Waals surface area contributed by atoms with E-state index in [2.05, 4.69) is 10.3 Å². The molecule has 0 atom stereocenters. The second-order valence-electron chi connectivity index (χ2n) is 5.69. The first-order chi connectivity index (χ1) is 12.9. The van der Waals surface area contributed by atoms with E-state index in [1.165, 1.54) is 47.7 Å². The van der Waals surface area contributed by atoms with E-state index in [9.17, 15) is 19.3 Å². The maximum atomic E-state index is 13.3. The Morgan fingerprint density at radius 3 is 2.64 bits per heavy atom. The molecule has 146 valence electrons. The van der Waals surface area contributed by atoms with E-state index in [1.54, 1.807) is 23.7 Å². The van der Waals surface area contributed by atoms with Crippen LogP contribution in [-0.2, 0) is 18.3 Å². The summed E-state index contributed by atoms with van der Waals surface area (Å²) < 4.78 is 15.0. The van der Waals surface area contributed by atoms with Crippen molar-refractivity contribution in [2.45, 2.75) is 6.42 Å². The predicted molar refractivity (Wildman–Crippen MR) is 108 cm³/mol. The predicted octanol–water partition coefficient (Wildman–Crippen LogP) is 3.97. The van der Waals surface area contributed by atoms with E-state index in [0.29, 0.717) is 16.2 Å². The number of amides is 1. The van der Waals surface area contributed by atoms with E-state index >= 15 is 0 Å². The van der Waals surface area contributed by atoms with Crippen molar-refractivity contribution < 1.29 is 14.1 Å². The molecular weight excluding hydrogens is 407 g/mol. The molecule has 0 radical (unpaired) electrons. The Kier molecular flexibility index (Phi) is 7.02. The van der Waals surface area contributed by atoms with E-state index in [-0.39, 0.29) is 36.2 Å². The van der Waals surface area contributed by atoms with Gasteiger partial charge < -0.3 is 9.88 Å².